The summed E-state index contributed by atoms with van der Waals surface area (Å²) in [4.78, 5) is 21.9. The average Bonchev–Trinajstić information content (AvgIpc) is 1.46. The highest BCUT2D eigenvalue weighted by atomic mass is 16.3. The highest BCUT2D eigenvalue weighted by Crippen LogP contribution is 2.52. The summed E-state index contributed by atoms with van der Waals surface area (Å²) < 4.78 is 33.2. The fraction of sp³-hybridized carbons (Fsp3) is 0.0265. The minimum atomic E-state index is -0.208. The number of hydrogen-bond acceptors (Lipinski definition) is 9. The molecule has 0 radical (unpaired) electrons. The van der Waals surface area contributed by atoms with E-state index in [0.717, 1.165) is 233 Å². The molecule has 9 heteroatoms. The van der Waals surface area contributed by atoms with Gasteiger partial charge in [-0.25, -0.2) is 19.9 Å². The summed E-state index contributed by atoms with van der Waals surface area (Å²) in [5.74, 6) is 1.26. The number of benzene rings is 17. The van der Waals surface area contributed by atoms with Gasteiger partial charge in [0.1, 0.15) is 55.8 Å². The fourth-order valence-corrected chi connectivity index (χ4v) is 19.0. The molecule has 0 fully saturated rings. The molecule has 7 aromatic heterocycles. The molecule has 17 aromatic carbocycles. The van der Waals surface area contributed by atoms with Gasteiger partial charge in [-0.3, -0.25) is 0 Å². The van der Waals surface area contributed by atoms with Gasteiger partial charge >= 0.3 is 0 Å². The van der Waals surface area contributed by atoms with Crippen LogP contribution in [0.5, 0.6) is 0 Å². The molecule has 0 bridgehead atoms. The van der Waals surface area contributed by atoms with Gasteiger partial charge in [0.05, 0.1) is 22.8 Å². The molecule has 570 valence electrons. The molecule has 25 rings (SSSR count). The van der Waals surface area contributed by atoms with Crippen molar-refractivity contribution < 1.29 is 22.1 Å². The Kier molecular flexibility index (Phi) is 15.3. The Bertz CT molecular complexity index is 8490. The zero-order chi connectivity index (χ0) is 80.4. The summed E-state index contributed by atoms with van der Waals surface area (Å²) >= 11 is 0. The lowest BCUT2D eigenvalue weighted by Crippen LogP contribution is -2.14. The van der Waals surface area contributed by atoms with Crippen LogP contribution in [0.4, 0.5) is 0 Å². The van der Waals surface area contributed by atoms with Gasteiger partial charge in [0, 0.05) is 104 Å². The van der Waals surface area contributed by atoms with E-state index in [1.54, 1.807) is 0 Å². The second-order valence-corrected chi connectivity index (χ2v) is 32.6. The van der Waals surface area contributed by atoms with Crippen LogP contribution >= 0.6 is 0 Å². The van der Waals surface area contributed by atoms with Crippen LogP contribution in [0.15, 0.2) is 398 Å². The number of furan rings is 5. The van der Waals surface area contributed by atoms with Crippen molar-refractivity contribution in [2.75, 3.05) is 0 Å². The first-order valence-electron chi connectivity index (χ1n) is 41.3. The van der Waals surface area contributed by atoms with Crippen LogP contribution in [-0.2, 0) is 5.41 Å². The number of fused-ring (bicyclic) bond motifs is 18. The quantitative estimate of drug-likeness (QED) is 0.118. The summed E-state index contributed by atoms with van der Waals surface area (Å²) in [7, 11) is 0. The Morgan fingerprint density at radius 1 is 0.172 bits per heavy atom. The van der Waals surface area contributed by atoms with Crippen molar-refractivity contribution >= 4 is 110 Å². The smallest absolute Gasteiger partial charge is 0.160 e. The molecule has 0 spiro atoms. The Hall–Kier alpha value is -16.1. The maximum absolute atomic E-state index is 7.12. The lowest BCUT2D eigenvalue weighted by Gasteiger charge is -2.22. The van der Waals surface area contributed by atoms with Gasteiger partial charge in [-0.1, -0.05) is 281 Å². The van der Waals surface area contributed by atoms with Crippen LogP contribution in [0.2, 0.25) is 0 Å². The maximum Gasteiger partial charge on any atom is 0.160 e. The maximum atomic E-state index is 7.12. The fourth-order valence-electron chi connectivity index (χ4n) is 19.0. The number of rotatable bonds is 12. The van der Waals surface area contributed by atoms with E-state index in [2.05, 4.69) is 329 Å². The first kappa shape index (κ1) is 69.1. The Morgan fingerprint density at radius 3 is 0.984 bits per heavy atom. The van der Waals surface area contributed by atoms with Crippen LogP contribution in [0, 0.1) is 0 Å². The number of hydrogen-bond donors (Lipinski definition) is 0. The first-order chi connectivity index (χ1) is 60.1. The molecular weight excluding hydrogens is 1490 g/mol. The monoisotopic (exact) mass is 1560 g/mol. The highest BCUT2D eigenvalue weighted by molar-refractivity contribution is 6.17. The molecule has 7 heterocycles. The molecule has 0 saturated carbocycles. The van der Waals surface area contributed by atoms with E-state index in [9.17, 15) is 0 Å². The SMILES string of the molecule is CC1(C)c2ccccc2-c2ccc(-c3cc(-c4cc(-c5ccc6oc7ccccc7c6c5)ccc4-c4ccc5oc6c(-c7cccc8c7oc7ccc(-c9ccc(-c%10ccc%11oc%12ccccc%12c%11c%10)c(-c%10cc(-c%11ccc(-c%12ccc%13oc%14ccccc%14c%13c%12)cc%11)nc(-c%11ccccc%11)n%10)c9)cc78)cccc6c5c4)nc(-c4ccccc4)n3)cc21. The van der Waals surface area contributed by atoms with Crippen molar-refractivity contribution in [1.29, 1.82) is 0 Å². The third-order valence-corrected chi connectivity index (χ3v) is 25.2. The van der Waals surface area contributed by atoms with Gasteiger partial charge in [0.25, 0.3) is 0 Å². The van der Waals surface area contributed by atoms with Gasteiger partial charge in [-0.05, 0) is 187 Å². The van der Waals surface area contributed by atoms with E-state index in [1.807, 2.05) is 60.7 Å². The molecule has 0 amide bonds. The van der Waals surface area contributed by atoms with E-state index >= 15 is 0 Å². The van der Waals surface area contributed by atoms with Gasteiger partial charge in [-0.15, -0.1) is 0 Å². The van der Waals surface area contributed by atoms with E-state index in [1.165, 1.54) is 22.3 Å². The summed E-state index contributed by atoms with van der Waals surface area (Å²) in [6.07, 6.45) is 0. The van der Waals surface area contributed by atoms with E-state index in [4.69, 9.17) is 42.0 Å². The topological polar surface area (TPSA) is 117 Å². The third-order valence-electron chi connectivity index (χ3n) is 25.2. The predicted molar refractivity (Wildman–Crippen MR) is 497 cm³/mol. The normalized spacial score (nSPS) is 12.6. The van der Waals surface area contributed by atoms with Crippen molar-refractivity contribution in [3.63, 3.8) is 0 Å². The third kappa shape index (κ3) is 11.2. The molecular formula is C113H68N4O5. The molecule has 1 aliphatic carbocycles. The molecule has 24 aromatic rings. The summed E-state index contributed by atoms with van der Waals surface area (Å²) in [6, 6.07) is 133. The molecule has 0 aliphatic heterocycles. The standard InChI is InChI=1S/C113H68N4O5/c1-113(2)95-31-13-9-23-79(95)80-49-41-76(62-96(80)113)98-64-100(117-112(115-98)68-21-7-4-8-22-68)89-55-70(72-43-51-105-91(58-72)82-25-11-15-33-102(82)119-105)39-48-78(89)75-46-54-108-94(61-75)87-30-18-28-85(110(87)122-108)84-27-17-29-86-93-59-73(44-52-107(93)121-109(84)86)71-40-47-77(74-45-53-106-92(60-74)83-26-12-16-34-103(83)120-106)88(56-71)99-63-97(114-111(116-99)67-19-5-3-6-20-67)66-37-35-65(36-38-66)69-42-50-104-90(57-69)81-24-10-14-32-101(81)118-104/h3-64H,1-2H3. The van der Waals surface area contributed by atoms with Crippen LogP contribution < -0.4 is 0 Å². The summed E-state index contributed by atoms with van der Waals surface area (Å²) in [5.41, 5.74) is 34.4. The zero-order valence-electron chi connectivity index (χ0n) is 66.1. The van der Waals surface area contributed by atoms with Gasteiger partial charge in [0.15, 0.2) is 11.6 Å². The van der Waals surface area contributed by atoms with Crippen LogP contribution in [0.25, 0.3) is 255 Å². The molecule has 0 N–H and O–H groups in total. The van der Waals surface area contributed by atoms with E-state index < -0.39 is 0 Å². The second-order valence-electron chi connectivity index (χ2n) is 32.6. The second kappa shape index (κ2) is 27.0. The lowest BCUT2D eigenvalue weighted by atomic mass is 9.82. The highest BCUT2D eigenvalue weighted by Gasteiger charge is 2.36. The first-order valence-corrected chi connectivity index (χ1v) is 41.3. The number of nitrogens with zero attached hydrogens (tertiary/aromatic N) is 4. The van der Waals surface area contributed by atoms with Crippen molar-refractivity contribution in [1.82, 2.24) is 19.9 Å². The lowest BCUT2D eigenvalue weighted by molar-refractivity contribution is 0.660. The number of para-hydroxylation sites is 5. The van der Waals surface area contributed by atoms with Gasteiger partial charge in [0.2, 0.25) is 0 Å². The summed E-state index contributed by atoms with van der Waals surface area (Å²) in [6.45, 7) is 4.66. The Labute approximate surface area is 699 Å². The predicted octanol–water partition coefficient (Wildman–Crippen LogP) is 31.1. The largest absolute Gasteiger partial charge is 0.456 e. The zero-order valence-corrected chi connectivity index (χ0v) is 66.1. The Morgan fingerprint density at radius 2 is 0.492 bits per heavy atom. The van der Waals surface area contributed by atoms with Crippen molar-refractivity contribution in [2.24, 2.45) is 0 Å². The van der Waals surface area contributed by atoms with Crippen molar-refractivity contribution in [3.8, 4) is 146 Å². The molecule has 9 nitrogen and oxygen atoms in total. The van der Waals surface area contributed by atoms with Gasteiger partial charge in [-0.2, -0.15) is 0 Å². The molecule has 0 saturated heterocycles. The van der Waals surface area contributed by atoms with Crippen LogP contribution in [0.3, 0.4) is 0 Å². The average molecular weight is 1560 g/mol. The summed E-state index contributed by atoms with van der Waals surface area (Å²) in [5, 5.41) is 10.4. The number of aromatic nitrogens is 4. The van der Waals surface area contributed by atoms with E-state index in [0.29, 0.717) is 11.6 Å². The minimum absolute atomic E-state index is 0.208. The van der Waals surface area contributed by atoms with Crippen molar-refractivity contribution in [2.45, 2.75) is 19.3 Å². The Balaban J connectivity index is 0.605. The minimum Gasteiger partial charge on any atom is -0.456 e. The van der Waals surface area contributed by atoms with Crippen LogP contribution in [0.1, 0.15) is 25.0 Å². The van der Waals surface area contributed by atoms with Gasteiger partial charge < -0.3 is 22.1 Å². The molecule has 0 unspecified atom stereocenters. The molecule has 122 heavy (non-hydrogen) atoms. The van der Waals surface area contributed by atoms with Crippen molar-refractivity contribution in [3.05, 3.63) is 387 Å². The molecule has 1 aliphatic rings. The van der Waals surface area contributed by atoms with E-state index in [-0.39, 0.29) is 5.41 Å². The van der Waals surface area contributed by atoms with Crippen LogP contribution in [-0.4, -0.2) is 19.9 Å². The molecule has 0 atom stereocenters.